The van der Waals surface area contributed by atoms with E-state index in [9.17, 15) is 14.7 Å². The zero-order valence-electron chi connectivity index (χ0n) is 14.6. The number of rotatable bonds is 7. The lowest BCUT2D eigenvalue weighted by Crippen LogP contribution is -2.11. The number of carbonyl (C=O) groups excluding carboxylic acids is 1. The molecule has 2 aromatic carbocycles. The minimum atomic E-state index is -0.962. The van der Waals surface area contributed by atoms with E-state index in [-0.39, 0.29) is 6.54 Å². The molecule has 3 N–H and O–H groups in total. The van der Waals surface area contributed by atoms with Gasteiger partial charge in [-0.2, -0.15) is 0 Å². The summed E-state index contributed by atoms with van der Waals surface area (Å²) in [5, 5.41) is 18.2. The van der Waals surface area contributed by atoms with Crippen molar-refractivity contribution in [1.82, 2.24) is 14.8 Å². The lowest BCUT2D eigenvalue weighted by atomic mass is 10.1. The Balaban J connectivity index is 1.84. The van der Waals surface area contributed by atoms with E-state index in [1.54, 1.807) is 16.7 Å². The third kappa shape index (κ3) is 4.53. The van der Waals surface area contributed by atoms with Gasteiger partial charge in [0.2, 0.25) is 5.91 Å². The number of thioether (sulfide) groups is 1. The maximum absolute atomic E-state index is 11.3. The van der Waals surface area contributed by atoms with Crippen LogP contribution in [0.25, 0.3) is 11.4 Å². The Bertz CT molecular complexity index is 983. The number of nitrogens with two attached hydrogens (primary N) is 1. The molecule has 0 bridgehead atoms. The lowest BCUT2D eigenvalue weighted by Gasteiger charge is -2.08. The SMILES string of the molecule is Cc1cccc(-c2nnc(SCc3ccc(C(N)=O)cc3)n2CC(=O)O)c1. The molecule has 0 radical (unpaired) electrons. The van der Waals surface area contributed by atoms with Crippen molar-refractivity contribution in [2.24, 2.45) is 5.73 Å². The first-order valence-electron chi connectivity index (χ1n) is 8.17. The molecule has 7 nitrogen and oxygen atoms in total. The van der Waals surface area contributed by atoms with Crippen LogP contribution in [0.2, 0.25) is 0 Å². The predicted molar refractivity (Wildman–Crippen MR) is 102 cm³/mol. The first-order valence-corrected chi connectivity index (χ1v) is 9.16. The number of nitrogens with zero attached hydrogens (tertiary/aromatic N) is 3. The molecule has 138 valence electrons. The number of hydrogen-bond donors (Lipinski definition) is 2. The highest BCUT2D eigenvalue weighted by atomic mass is 32.2. The Morgan fingerprint density at radius 2 is 1.89 bits per heavy atom. The number of carboxylic acid groups (broad SMARTS) is 1. The van der Waals surface area contributed by atoms with Crippen molar-refractivity contribution in [3.8, 4) is 11.4 Å². The van der Waals surface area contributed by atoms with Gasteiger partial charge in [-0.05, 0) is 30.7 Å². The van der Waals surface area contributed by atoms with Crippen LogP contribution in [-0.2, 0) is 17.1 Å². The molecule has 0 saturated heterocycles. The van der Waals surface area contributed by atoms with E-state index < -0.39 is 11.9 Å². The lowest BCUT2D eigenvalue weighted by molar-refractivity contribution is -0.137. The van der Waals surface area contributed by atoms with E-state index in [2.05, 4.69) is 10.2 Å². The van der Waals surface area contributed by atoms with Crippen LogP contribution in [0, 0.1) is 6.92 Å². The molecular weight excluding hydrogens is 364 g/mol. The predicted octanol–water partition coefficient (Wildman–Crippen LogP) is 2.73. The van der Waals surface area contributed by atoms with Crippen molar-refractivity contribution in [1.29, 1.82) is 0 Å². The van der Waals surface area contributed by atoms with Crippen LogP contribution >= 0.6 is 11.8 Å². The van der Waals surface area contributed by atoms with Crippen LogP contribution in [0.15, 0.2) is 53.7 Å². The molecule has 0 aliphatic carbocycles. The second-order valence-corrected chi connectivity index (χ2v) is 6.95. The third-order valence-corrected chi connectivity index (χ3v) is 4.93. The number of amides is 1. The average Bonchev–Trinajstić information content (AvgIpc) is 3.02. The fraction of sp³-hybridized carbons (Fsp3) is 0.158. The maximum atomic E-state index is 11.3. The topological polar surface area (TPSA) is 111 Å². The minimum absolute atomic E-state index is 0.223. The number of carboxylic acids is 1. The second kappa shape index (κ2) is 8.05. The quantitative estimate of drug-likeness (QED) is 0.608. The Labute approximate surface area is 160 Å². The number of aliphatic carboxylic acids is 1. The molecule has 1 heterocycles. The van der Waals surface area contributed by atoms with E-state index >= 15 is 0 Å². The number of carbonyl (C=O) groups is 2. The summed E-state index contributed by atoms with van der Waals surface area (Å²) in [7, 11) is 0. The molecule has 8 heteroatoms. The Morgan fingerprint density at radius 3 is 2.52 bits per heavy atom. The van der Waals surface area contributed by atoms with Gasteiger partial charge in [-0.1, -0.05) is 47.7 Å². The average molecular weight is 382 g/mol. The summed E-state index contributed by atoms with van der Waals surface area (Å²) in [6, 6.07) is 14.6. The van der Waals surface area contributed by atoms with Gasteiger partial charge in [0.25, 0.3) is 0 Å². The van der Waals surface area contributed by atoms with Gasteiger partial charge in [0.05, 0.1) is 0 Å². The highest BCUT2D eigenvalue weighted by Gasteiger charge is 2.17. The summed E-state index contributed by atoms with van der Waals surface area (Å²) in [5.41, 5.74) is 8.53. The van der Waals surface area contributed by atoms with E-state index in [0.29, 0.717) is 22.3 Å². The van der Waals surface area contributed by atoms with Crippen LogP contribution < -0.4 is 5.73 Å². The van der Waals surface area contributed by atoms with Gasteiger partial charge >= 0.3 is 5.97 Å². The van der Waals surface area contributed by atoms with Crippen molar-refractivity contribution < 1.29 is 14.7 Å². The van der Waals surface area contributed by atoms with Gasteiger partial charge < -0.3 is 10.8 Å². The highest BCUT2D eigenvalue weighted by Crippen LogP contribution is 2.27. The first-order chi connectivity index (χ1) is 12.9. The largest absolute Gasteiger partial charge is 0.480 e. The number of hydrogen-bond acceptors (Lipinski definition) is 5. The van der Waals surface area contributed by atoms with Crippen LogP contribution in [-0.4, -0.2) is 31.7 Å². The normalized spacial score (nSPS) is 10.7. The minimum Gasteiger partial charge on any atom is -0.480 e. The van der Waals surface area contributed by atoms with Crippen molar-refractivity contribution in [3.63, 3.8) is 0 Å². The second-order valence-electron chi connectivity index (χ2n) is 6.01. The fourth-order valence-electron chi connectivity index (χ4n) is 2.58. The summed E-state index contributed by atoms with van der Waals surface area (Å²) >= 11 is 1.39. The van der Waals surface area contributed by atoms with Gasteiger partial charge in [-0.3, -0.25) is 14.2 Å². The molecule has 0 spiro atoms. The first kappa shape index (κ1) is 18.7. The molecule has 1 amide bonds. The summed E-state index contributed by atoms with van der Waals surface area (Å²) in [6.45, 7) is 1.74. The van der Waals surface area contributed by atoms with Crippen molar-refractivity contribution in [2.45, 2.75) is 24.4 Å². The molecule has 0 aliphatic heterocycles. The van der Waals surface area contributed by atoms with Gasteiger partial charge in [0.1, 0.15) is 6.54 Å². The molecule has 0 fully saturated rings. The molecule has 0 atom stereocenters. The summed E-state index contributed by atoms with van der Waals surface area (Å²) in [4.78, 5) is 22.5. The maximum Gasteiger partial charge on any atom is 0.323 e. The molecule has 3 aromatic rings. The summed E-state index contributed by atoms with van der Waals surface area (Å²) in [5.74, 6) is -0.354. The van der Waals surface area contributed by atoms with Gasteiger partial charge in [0, 0.05) is 16.9 Å². The van der Waals surface area contributed by atoms with Gasteiger partial charge in [-0.25, -0.2) is 0 Å². The van der Waals surface area contributed by atoms with Crippen molar-refractivity contribution in [3.05, 3.63) is 65.2 Å². The Kier molecular flexibility index (Phi) is 5.56. The van der Waals surface area contributed by atoms with Gasteiger partial charge in [0.15, 0.2) is 11.0 Å². The summed E-state index contributed by atoms with van der Waals surface area (Å²) in [6.07, 6.45) is 0. The molecule has 0 unspecified atom stereocenters. The Morgan fingerprint density at radius 1 is 1.15 bits per heavy atom. The van der Waals surface area contributed by atoms with E-state index in [4.69, 9.17) is 5.73 Å². The molecule has 1 aromatic heterocycles. The van der Waals surface area contributed by atoms with E-state index in [1.165, 1.54) is 11.8 Å². The molecule has 0 saturated carbocycles. The molecule has 3 rings (SSSR count). The molecule has 27 heavy (non-hydrogen) atoms. The smallest absolute Gasteiger partial charge is 0.323 e. The number of aryl methyl sites for hydroxylation is 1. The Hall–Kier alpha value is -3.13. The third-order valence-electron chi connectivity index (χ3n) is 3.89. The van der Waals surface area contributed by atoms with Crippen LogP contribution in [0.4, 0.5) is 0 Å². The van der Waals surface area contributed by atoms with E-state index in [1.807, 2.05) is 43.3 Å². The zero-order chi connectivity index (χ0) is 19.4. The number of benzene rings is 2. The van der Waals surface area contributed by atoms with Crippen LogP contribution in [0.3, 0.4) is 0 Å². The van der Waals surface area contributed by atoms with Crippen molar-refractivity contribution >= 4 is 23.6 Å². The van der Waals surface area contributed by atoms with Crippen molar-refractivity contribution in [2.75, 3.05) is 0 Å². The number of primary amides is 1. The summed E-state index contributed by atoms with van der Waals surface area (Å²) < 4.78 is 1.60. The van der Waals surface area contributed by atoms with Crippen LogP contribution in [0.5, 0.6) is 0 Å². The zero-order valence-corrected chi connectivity index (χ0v) is 15.4. The fourth-order valence-corrected chi connectivity index (χ4v) is 3.48. The monoisotopic (exact) mass is 382 g/mol. The van der Waals surface area contributed by atoms with Crippen LogP contribution in [0.1, 0.15) is 21.5 Å². The standard InChI is InChI=1S/C19H18N4O3S/c1-12-3-2-4-15(9-12)18-21-22-19(23(18)10-16(24)25)27-11-13-5-7-14(8-6-13)17(20)26/h2-9H,10-11H2,1H3,(H2,20,26)(H,24,25). The highest BCUT2D eigenvalue weighted by molar-refractivity contribution is 7.98. The van der Waals surface area contributed by atoms with E-state index in [0.717, 1.165) is 16.7 Å². The van der Waals surface area contributed by atoms with Gasteiger partial charge in [-0.15, -0.1) is 10.2 Å². The molecular formula is C19H18N4O3S. The molecule has 0 aliphatic rings. The number of aromatic nitrogens is 3.